The second-order valence-electron chi connectivity index (χ2n) is 11.9. The summed E-state index contributed by atoms with van der Waals surface area (Å²) in [6.07, 6.45) is 7.47. The third-order valence-electron chi connectivity index (χ3n) is 7.88. The standard InChI is InChI=1S/C38H27N9O10S/c48-32-15-12-26(19-29(32)38(53)54)43-40-23-6-4-21(5-7-23)37(52)39-22-8-10-24(11-9-22)41-45-30-14-17-34(50)36(51)35(30)47-46-31-20-27(13-16-33(31)49)44-42-25-2-1-3-28(18-25)58(55,56)57/h1-20,40-42,44H,(H,39,52)(H,53,54)(H,55,56,57)/b43-26+,45-30+,46-31+,47-35+. The fourth-order valence-electron chi connectivity index (χ4n) is 4.92. The maximum absolute atomic E-state index is 12.9. The Hall–Kier alpha value is -8.23. The molecule has 6 rings (SSSR count). The minimum absolute atomic E-state index is 0.0658. The fourth-order valence-corrected chi connectivity index (χ4v) is 5.45. The molecule has 0 bridgehead atoms. The monoisotopic (exact) mass is 801 g/mol. The van der Waals surface area contributed by atoms with Gasteiger partial charge in [-0.05, 0) is 115 Å². The number of benzene rings is 4. The molecule has 0 aromatic heterocycles. The molecule has 20 heteroatoms. The van der Waals surface area contributed by atoms with E-state index in [1.54, 1.807) is 48.5 Å². The molecule has 7 N–H and O–H groups in total. The van der Waals surface area contributed by atoms with E-state index >= 15 is 0 Å². The van der Waals surface area contributed by atoms with Crippen LogP contribution in [0.4, 0.5) is 22.7 Å². The van der Waals surface area contributed by atoms with Crippen molar-refractivity contribution in [3.05, 3.63) is 169 Å². The van der Waals surface area contributed by atoms with Crippen molar-refractivity contribution in [2.75, 3.05) is 21.6 Å². The number of carbonyl (C=O) groups is 4. The van der Waals surface area contributed by atoms with Gasteiger partial charge in [0.05, 0.1) is 33.4 Å². The van der Waals surface area contributed by atoms with E-state index in [1.807, 2.05) is 0 Å². The highest BCUT2D eigenvalue weighted by molar-refractivity contribution is 7.85. The van der Waals surface area contributed by atoms with Crippen molar-refractivity contribution < 1.29 is 37.3 Å². The van der Waals surface area contributed by atoms with Gasteiger partial charge in [0.1, 0.15) is 16.6 Å². The number of allylic oxidation sites excluding steroid dienone is 6. The molecule has 58 heavy (non-hydrogen) atoms. The van der Waals surface area contributed by atoms with Crippen molar-refractivity contribution in [1.29, 1.82) is 0 Å². The molecule has 0 radical (unpaired) electrons. The van der Waals surface area contributed by atoms with Crippen molar-refractivity contribution >= 4 is 67.7 Å². The van der Waals surface area contributed by atoms with Crippen molar-refractivity contribution in [3.8, 4) is 0 Å². The van der Waals surface area contributed by atoms with Crippen LogP contribution in [-0.4, -0.2) is 52.9 Å². The first-order valence-electron chi connectivity index (χ1n) is 16.6. The number of carboxylic acids is 1. The number of hydrazine groups is 1. The summed E-state index contributed by atoms with van der Waals surface area (Å²) in [5.74, 6) is -2.99. The molecule has 4 aromatic rings. The van der Waals surface area contributed by atoms with Gasteiger partial charge in [0.2, 0.25) is 11.2 Å². The Labute approximate surface area is 326 Å². The highest BCUT2D eigenvalue weighted by Gasteiger charge is 2.19. The lowest BCUT2D eigenvalue weighted by atomic mass is 10.0. The van der Waals surface area contributed by atoms with Gasteiger partial charge >= 0.3 is 5.97 Å². The Bertz CT molecular complexity index is 2910. The molecule has 0 aliphatic heterocycles. The molecule has 4 aromatic carbocycles. The van der Waals surface area contributed by atoms with Crippen molar-refractivity contribution in [3.63, 3.8) is 0 Å². The van der Waals surface area contributed by atoms with Crippen LogP contribution < -0.4 is 48.6 Å². The van der Waals surface area contributed by atoms with Gasteiger partial charge < -0.3 is 21.3 Å². The number of hydrogen-bond donors (Lipinski definition) is 7. The average Bonchev–Trinajstić information content (AvgIpc) is 3.21. The summed E-state index contributed by atoms with van der Waals surface area (Å²) >= 11 is 0. The zero-order chi connectivity index (χ0) is 41.4. The minimum atomic E-state index is -4.44. The summed E-state index contributed by atoms with van der Waals surface area (Å²) in [4.78, 5) is 72.8. The molecule has 0 heterocycles. The Morgan fingerprint density at radius 3 is 2.03 bits per heavy atom. The molecule has 2 aliphatic carbocycles. The first-order chi connectivity index (χ1) is 27.7. The summed E-state index contributed by atoms with van der Waals surface area (Å²) in [5, 5.41) is 27.4. The number of hydrazone groups is 1. The average molecular weight is 802 g/mol. The maximum atomic E-state index is 12.9. The molecule has 2 aliphatic rings. The molecular weight excluding hydrogens is 775 g/mol. The van der Waals surface area contributed by atoms with Crippen LogP contribution in [0.25, 0.3) is 0 Å². The van der Waals surface area contributed by atoms with Gasteiger partial charge in [-0.2, -0.15) is 18.6 Å². The SMILES string of the molecule is O=C(O)C1=C/C(=N/Nc2ccc(C(=O)Nc3ccc(N\N=c4/ccc(=O)c(=O)/c4=N/N=C4\C=C(NNc5cccc(S(=O)(=O)O)c5)C=CC4=O)cc3)cc2)C=CC1=O. The second-order valence-corrected chi connectivity index (χ2v) is 13.4. The van der Waals surface area contributed by atoms with E-state index in [1.165, 1.54) is 54.6 Å². The van der Waals surface area contributed by atoms with Gasteiger partial charge in [-0.15, -0.1) is 10.2 Å². The largest absolute Gasteiger partial charge is 0.478 e. The Balaban J connectivity index is 1.11. The first-order valence-corrected chi connectivity index (χ1v) is 18.0. The second kappa shape index (κ2) is 17.1. The highest BCUT2D eigenvalue weighted by atomic mass is 32.2. The molecule has 0 saturated carbocycles. The first kappa shape index (κ1) is 39.5. The molecule has 0 saturated heterocycles. The molecule has 1 amide bonds. The van der Waals surface area contributed by atoms with Crippen LogP contribution in [0.2, 0.25) is 0 Å². The molecular formula is C38H27N9O10S. The van der Waals surface area contributed by atoms with E-state index in [9.17, 15) is 41.7 Å². The van der Waals surface area contributed by atoms with Crippen molar-refractivity contribution in [2.45, 2.75) is 4.90 Å². The molecule has 0 unspecified atom stereocenters. The number of hydrogen-bond acceptors (Lipinski definition) is 16. The van der Waals surface area contributed by atoms with Crippen LogP contribution in [0, 0.1) is 0 Å². The van der Waals surface area contributed by atoms with Gasteiger partial charge in [-0.25, -0.2) is 4.79 Å². The van der Waals surface area contributed by atoms with E-state index in [0.29, 0.717) is 28.3 Å². The van der Waals surface area contributed by atoms with Crippen LogP contribution in [0.5, 0.6) is 0 Å². The maximum Gasteiger partial charge on any atom is 0.339 e. The van der Waals surface area contributed by atoms with Gasteiger partial charge in [0, 0.05) is 11.3 Å². The van der Waals surface area contributed by atoms with Crippen LogP contribution in [0.15, 0.2) is 168 Å². The number of anilines is 4. The summed E-state index contributed by atoms with van der Waals surface area (Å²) in [5.41, 5.74) is 10.9. The summed E-state index contributed by atoms with van der Waals surface area (Å²) in [6, 6.07) is 20.1. The smallest absolute Gasteiger partial charge is 0.339 e. The Kier molecular flexibility index (Phi) is 11.6. The third-order valence-corrected chi connectivity index (χ3v) is 8.73. The van der Waals surface area contributed by atoms with Gasteiger partial charge in [0.15, 0.2) is 11.1 Å². The minimum Gasteiger partial charge on any atom is -0.478 e. The van der Waals surface area contributed by atoms with Gasteiger partial charge in [-0.1, -0.05) is 6.07 Å². The topological polar surface area (TPSA) is 287 Å². The lowest BCUT2D eigenvalue weighted by molar-refractivity contribution is -0.134. The van der Waals surface area contributed by atoms with Gasteiger partial charge in [0.25, 0.3) is 21.5 Å². The van der Waals surface area contributed by atoms with Crippen LogP contribution in [-0.2, 0) is 24.5 Å². The number of carbonyl (C=O) groups excluding carboxylic acids is 3. The third kappa shape index (κ3) is 9.89. The van der Waals surface area contributed by atoms with E-state index in [4.69, 9.17) is 5.11 Å². The summed E-state index contributed by atoms with van der Waals surface area (Å²) in [7, 11) is -4.44. The lowest BCUT2D eigenvalue weighted by Crippen LogP contribution is -2.47. The number of nitrogens with one attached hydrogen (secondary N) is 5. The number of amides is 1. The van der Waals surface area contributed by atoms with Gasteiger partial charge in [-0.3, -0.25) is 39.4 Å². The van der Waals surface area contributed by atoms with Crippen molar-refractivity contribution in [2.24, 2.45) is 20.4 Å². The van der Waals surface area contributed by atoms with E-state index in [0.717, 1.165) is 18.2 Å². The van der Waals surface area contributed by atoms with Crippen LogP contribution in [0.3, 0.4) is 0 Å². The number of aliphatic carboxylic acids is 1. The predicted molar refractivity (Wildman–Crippen MR) is 211 cm³/mol. The highest BCUT2D eigenvalue weighted by Crippen LogP contribution is 2.17. The molecule has 0 atom stereocenters. The molecule has 19 nitrogen and oxygen atoms in total. The fraction of sp³-hybridized carbons (Fsp3) is 0. The molecule has 0 fully saturated rings. The molecule has 290 valence electrons. The van der Waals surface area contributed by atoms with E-state index in [2.05, 4.69) is 47.4 Å². The summed E-state index contributed by atoms with van der Waals surface area (Å²) in [6.45, 7) is 0. The normalized spacial score (nSPS) is 15.9. The predicted octanol–water partition coefficient (Wildman–Crippen LogP) is 1.52. The number of rotatable bonds is 12. The quantitative estimate of drug-likeness (QED) is 0.0267. The zero-order valence-corrected chi connectivity index (χ0v) is 30.2. The number of ketones is 2. The Morgan fingerprint density at radius 1 is 0.655 bits per heavy atom. The number of carboxylic acid groups (broad SMARTS) is 1. The van der Waals surface area contributed by atoms with Crippen LogP contribution >= 0.6 is 0 Å². The van der Waals surface area contributed by atoms with Crippen LogP contribution in [0.1, 0.15) is 10.4 Å². The lowest BCUT2D eigenvalue weighted by Gasteiger charge is -2.13. The summed E-state index contributed by atoms with van der Waals surface area (Å²) < 4.78 is 32.1. The van der Waals surface area contributed by atoms with E-state index < -0.39 is 55.3 Å². The zero-order valence-electron chi connectivity index (χ0n) is 29.4. The number of nitrogens with zero attached hydrogens (tertiary/aromatic N) is 4. The van der Waals surface area contributed by atoms with E-state index in [-0.39, 0.29) is 27.4 Å². The Morgan fingerprint density at radius 2 is 1.33 bits per heavy atom. The molecule has 0 spiro atoms. The van der Waals surface area contributed by atoms with Crippen molar-refractivity contribution in [1.82, 2.24) is 5.43 Å².